The molecule has 0 radical (unpaired) electrons. The standard InChI is InChI=1S/C18H18N2O2S/c1-3-22-18(21)16-12-6-4-5-7-15(12)23-17(16)20-14-10-11(2)8-9-13(14)19/h4-10,20H,3,19H2,1-2H3. The number of carbonyl (C=O) groups excluding carboxylic acids is 1. The molecular formula is C18H18N2O2S. The first-order valence-corrected chi connectivity index (χ1v) is 8.23. The number of benzene rings is 2. The first kappa shape index (κ1) is 15.4. The molecule has 0 atom stereocenters. The van der Waals surface area contributed by atoms with E-state index in [1.54, 1.807) is 6.92 Å². The van der Waals surface area contributed by atoms with Crippen molar-refractivity contribution in [2.45, 2.75) is 13.8 Å². The second-order valence-corrected chi connectivity index (χ2v) is 6.29. The molecule has 1 aromatic heterocycles. The van der Waals surface area contributed by atoms with Gasteiger partial charge in [-0.1, -0.05) is 24.3 Å². The number of ether oxygens (including phenoxy) is 1. The third-order valence-electron chi connectivity index (χ3n) is 3.53. The Kier molecular flexibility index (Phi) is 4.21. The molecule has 0 fully saturated rings. The molecule has 0 amide bonds. The van der Waals surface area contributed by atoms with Gasteiger partial charge in [-0.15, -0.1) is 11.3 Å². The molecule has 23 heavy (non-hydrogen) atoms. The average Bonchev–Trinajstić information content (AvgIpc) is 2.89. The number of aryl methyl sites for hydroxylation is 1. The topological polar surface area (TPSA) is 64.3 Å². The molecule has 4 nitrogen and oxygen atoms in total. The van der Waals surface area contributed by atoms with Crippen LogP contribution >= 0.6 is 11.3 Å². The molecule has 5 heteroatoms. The summed E-state index contributed by atoms with van der Waals surface area (Å²) in [6.45, 7) is 4.15. The minimum Gasteiger partial charge on any atom is -0.462 e. The van der Waals surface area contributed by atoms with Gasteiger partial charge >= 0.3 is 5.97 Å². The number of hydrogen-bond acceptors (Lipinski definition) is 5. The van der Waals surface area contributed by atoms with Gasteiger partial charge < -0.3 is 15.8 Å². The van der Waals surface area contributed by atoms with E-state index >= 15 is 0 Å². The number of nitrogens with one attached hydrogen (secondary N) is 1. The molecule has 0 saturated carbocycles. The maximum absolute atomic E-state index is 12.4. The molecular weight excluding hydrogens is 308 g/mol. The highest BCUT2D eigenvalue weighted by molar-refractivity contribution is 7.23. The Bertz CT molecular complexity index is 871. The van der Waals surface area contributed by atoms with Gasteiger partial charge in [-0.05, 0) is 37.6 Å². The summed E-state index contributed by atoms with van der Waals surface area (Å²) < 4.78 is 6.25. The van der Waals surface area contributed by atoms with Gasteiger partial charge in [0, 0.05) is 10.1 Å². The molecule has 0 unspecified atom stereocenters. The molecule has 3 N–H and O–H groups in total. The molecule has 0 aliphatic heterocycles. The number of anilines is 3. The highest BCUT2D eigenvalue weighted by atomic mass is 32.1. The number of rotatable bonds is 4. The van der Waals surface area contributed by atoms with Gasteiger partial charge in [0.05, 0.1) is 18.0 Å². The third-order valence-corrected chi connectivity index (χ3v) is 4.62. The van der Waals surface area contributed by atoms with Crippen molar-refractivity contribution in [2.24, 2.45) is 0 Å². The van der Waals surface area contributed by atoms with Crippen LogP contribution in [0.3, 0.4) is 0 Å². The Labute approximate surface area is 138 Å². The maximum Gasteiger partial charge on any atom is 0.341 e. The first-order chi connectivity index (χ1) is 11.1. The van der Waals surface area contributed by atoms with Crippen molar-refractivity contribution in [3.8, 4) is 0 Å². The zero-order valence-corrected chi connectivity index (χ0v) is 13.9. The SMILES string of the molecule is CCOC(=O)c1c(Nc2cc(C)ccc2N)sc2ccccc12. The van der Waals surface area contributed by atoms with E-state index in [0.717, 1.165) is 26.3 Å². The van der Waals surface area contributed by atoms with Crippen LogP contribution in [0.15, 0.2) is 42.5 Å². The highest BCUT2D eigenvalue weighted by Crippen LogP contribution is 2.38. The highest BCUT2D eigenvalue weighted by Gasteiger charge is 2.20. The fourth-order valence-corrected chi connectivity index (χ4v) is 3.54. The van der Waals surface area contributed by atoms with Crippen molar-refractivity contribution in [2.75, 3.05) is 17.7 Å². The lowest BCUT2D eigenvalue weighted by Crippen LogP contribution is -2.06. The minimum absolute atomic E-state index is 0.321. The number of carbonyl (C=O) groups is 1. The molecule has 2 aromatic carbocycles. The molecule has 118 valence electrons. The van der Waals surface area contributed by atoms with E-state index in [1.807, 2.05) is 49.4 Å². The largest absolute Gasteiger partial charge is 0.462 e. The summed E-state index contributed by atoms with van der Waals surface area (Å²) in [6, 6.07) is 13.6. The summed E-state index contributed by atoms with van der Waals surface area (Å²) in [5.74, 6) is -0.321. The lowest BCUT2D eigenvalue weighted by molar-refractivity contribution is 0.0530. The minimum atomic E-state index is -0.321. The monoisotopic (exact) mass is 326 g/mol. The smallest absolute Gasteiger partial charge is 0.341 e. The van der Waals surface area contributed by atoms with Crippen LogP contribution in [0.5, 0.6) is 0 Å². The average molecular weight is 326 g/mol. The number of nitrogens with two attached hydrogens (primary N) is 1. The normalized spacial score (nSPS) is 10.7. The van der Waals surface area contributed by atoms with Crippen LogP contribution in [0.25, 0.3) is 10.1 Å². The van der Waals surface area contributed by atoms with Gasteiger partial charge in [0.25, 0.3) is 0 Å². The predicted octanol–water partition coefficient (Wildman–Crippen LogP) is 4.71. The van der Waals surface area contributed by atoms with Crippen LogP contribution in [0, 0.1) is 6.92 Å². The van der Waals surface area contributed by atoms with E-state index in [9.17, 15) is 4.79 Å². The Morgan fingerprint density at radius 3 is 2.83 bits per heavy atom. The van der Waals surface area contributed by atoms with Gasteiger partial charge in [-0.25, -0.2) is 4.79 Å². The molecule has 0 saturated heterocycles. The van der Waals surface area contributed by atoms with Crippen LogP contribution < -0.4 is 11.1 Å². The van der Waals surface area contributed by atoms with Crippen molar-refractivity contribution < 1.29 is 9.53 Å². The van der Waals surface area contributed by atoms with Crippen LogP contribution in [0.4, 0.5) is 16.4 Å². The molecule has 0 spiro atoms. The van der Waals surface area contributed by atoms with E-state index in [0.29, 0.717) is 17.9 Å². The summed E-state index contributed by atoms with van der Waals surface area (Å²) in [5.41, 5.74) is 9.14. The van der Waals surface area contributed by atoms with Crippen LogP contribution in [-0.4, -0.2) is 12.6 Å². The van der Waals surface area contributed by atoms with E-state index in [4.69, 9.17) is 10.5 Å². The zero-order chi connectivity index (χ0) is 16.4. The van der Waals surface area contributed by atoms with Crippen molar-refractivity contribution in [3.63, 3.8) is 0 Å². The summed E-state index contributed by atoms with van der Waals surface area (Å²) in [7, 11) is 0. The fraction of sp³-hybridized carbons (Fsp3) is 0.167. The molecule has 3 aromatic rings. The van der Waals surface area contributed by atoms with Gasteiger partial charge in [0.2, 0.25) is 0 Å². The Balaban J connectivity index is 2.11. The zero-order valence-electron chi connectivity index (χ0n) is 13.1. The maximum atomic E-state index is 12.4. The summed E-state index contributed by atoms with van der Waals surface area (Å²) in [4.78, 5) is 12.4. The summed E-state index contributed by atoms with van der Waals surface area (Å²) in [5, 5.41) is 4.95. The van der Waals surface area contributed by atoms with Gasteiger partial charge in [-0.2, -0.15) is 0 Å². The number of nitrogen functional groups attached to an aromatic ring is 1. The van der Waals surface area contributed by atoms with E-state index in [1.165, 1.54) is 11.3 Å². The predicted molar refractivity (Wildman–Crippen MR) is 96.7 cm³/mol. The van der Waals surface area contributed by atoms with Crippen LogP contribution in [0.1, 0.15) is 22.8 Å². The molecule has 1 heterocycles. The van der Waals surface area contributed by atoms with Crippen LogP contribution in [-0.2, 0) is 4.74 Å². The van der Waals surface area contributed by atoms with Gasteiger partial charge in [0.15, 0.2) is 0 Å². The summed E-state index contributed by atoms with van der Waals surface area (Å²) in [6.07, 6.45) is 0. The number of thiophene rings is 1. The molecule has 0 aliphatic rings. The summed E-state index contributed by atoms with van der Waals surface area (Å²) >= 11 is 1.52. The van der Waals surface area contributed by atoms with Crippen molar-refractivity contribution >= 4 is 43.8 Å². The molecule has 0 bridgehead atoms. The van der Waals surface area contributed by atoms with Crippen molar-refractivity contribution in [1.29, 1.82) is 0 Å². The number of fused-ring (bicyclic) bond motifs is 1. The third kappa shape index (κ3) is 3.00. The van der Waals surface area contributed by atoms with Crippen molar-refractivity contribution in [1.82, 2.24) is 0 Å². The van der Waals surface area contributed by atoms with Crippen molar-refractivity contribution in [3.05, 3.63) is 53.6 Å². The second kappa shape index (κ2) is 6.30. The lowest BCUT2D eigenvalue weighted by atomic mass is 10.1. The number of hydrogen-bond donors (Lipinski definition) is 2. The fourth-order valence-electron chi connectivity index (χ4n) is 2.44. The van der Waals surface area contributed by atoms with E-state index in [2.05, 4.69) is 5.32 Å². The number of esters is 1. The Morgan fingerprint density at radius 1 is 1.26 bits per heavy atom. The van der Waals surface area contributed by atoms with Gasteiger partial charge in [0.1, 0.15) is 10.6 Å². The molecule has 3 rings (SSSR count). The van der Waals surface area contributed by atoms with E-state index in [-0.39, 0.29) is 5.97 Å². The Hall–Kier alpha value is -2.53. The quantitative estimate of drug-likeness (QED) is 0.538. The molecule has 0 aliphatic carbocycles. The Morgan fingerprint density at radius 2 is 2.04 bits per heavy atom. The van der Waals surface area contributed by atoms with Gasteiger partial charge in [-0.3, -0.25) is 0 Å². The van der Waals surface area contributed by atoms with E-state index < -0.39 is 0 Å². The second-order valence-electron chi connectivity index (χ2n) is 5.24. The lowest BCUT2D eigenvalue weighted by Gasteiger charge is -2.10. The van der Waals surface area contributed by atoms with Crippen LogP contribution in [0.2, 0.25) is 0 Å². The first-order valence-electron chi connectivity index (χ1n) is 7.42.